The van der Waals surface area contributed by atoms with Gasteiger partial charge in [-0.25, -0.2) is 0 Å². The first-order valence-electron chi connectivity index (χ1n) is 4.34. The molecule has 0 radical (unpaired) electrons. The average Bonchev–Trinajstić information content (AvgIpc) is 2.23. The predicted molar refractivity (Wildman–Crippen MR) is 57.7 cm³/mol. The summed E-state index contributed by atoms with van der Waals surface area (Å²) in [5.74, 6) is -2.06. The van der Waals surface area contributed by atoms with Gasteiger partial charge < -0.3 is 10.1 Å². The molecule has 0 saturated carbocycles. The highest BCUT2D eigenvalue weighted by molar-refractivity contribution is 6.37. The first-order chi connectivity index (χ1) is 8.31. The van der Waals surface area contributed by atoms with Gasteiger partial charge >= 0.3 is 13.0 Å². The lowest BCUT2D eigenvalue weighted by molar-refractivity contribution is -0.126. The second-order valence-corrected chi connectivity index (χ2v) is 3.75. The standard InChI is InChI=1S/C9H5Cl2F4NO2/c10-4-1-3(16-8(17)7(12)13)2-5(11)6(4)18-9(14)15/h1-2,7,9H,(H,16,17). The Morgan fingerprint density at radius 2 is 1.67 bits per heavy atom. The van der Waals surface area contributed by atoms with E-state index in [0.29, 0.717) is 0 Å². The Labute approximate surface area is 109 Å². The fourth-order valence-electron chi connectivity index (χ4n) is 1.03. The summed E-state index contributed by atoms with van der Waals surface area (Å²) in [6.45, 7) is -3.14. The lowest BCUT2D eigenvalue weighted by Gasteiger charge is -2.11. The Morgan fingerprint density at radius 1 is 1.17 bits per heavy atom. The van der Waals surface area contributed by atoms with Crippen molar-refractivity contribution in [3.8, 4) is 5.75 Å². The summed E-state index contributed by atoms with van der Waals surface area (Å²) in [6.07, 6.45) is -3.22. The van der Waals surface area contributed by atoms with Crippen molar-refractivity contribution >= 4 is 34.8 Å². The van der Waals surface area contributed by atoms with Gasteiger partial charge in [-0.2, -0.15) is 17.6 Å². The van der Waals surface area contributed by atoms with Gasteiger partial charge in [-0.1, -0.05) is 23.2 Å². The van der Waals surface area contributed by atoms with Gasteiger partial charge in [0.05, 0.1) is 10.0 Å². The fourth-order valence-corrected chi connectivity index (χ4v) is 1.61. The Hall–Kier alpha value is -1.21. The molecule has 9 heteroatoms. The average molecular weight is 306 g/mol. The van der Waals surface area contributed by atoms with E-state index in [1.54, 1.807) is 5.32 Å². The molecule has 0 atom stereocenters. The molecule has 3 nitrogen and oxygen atoms in total. The van der Waals surface area contributed by atoms with Gasteiger partial charge in [0.25, 0.3) is 5.91 Å². The molecular formula is C9H5Cl2F4NO2. The Bertz CT molecular complexity index is 433. The molecular weight excluding hydrogens is 301 g/mol. The molecule has 0 aliphatic carbocycles. The maximum absolute atomic E-state index is 12.0. The quantitative estimate of drug-likeness (QED) is 0.859. The lowest BCUT2D eigenvalue weighted by atomic mass is 10.3. The van der Waals surface area contributed by atoms with Gasteiger partial charge in [0.15, 0.2) is 5.75 Å². The van der Waals surface area contributed by atoms with Gasteiger partial charge in [-0.15, -0.1) is 0 Å². The van der Waals surface area contributed by atoms with E-state index in [-0.39, 0.29) is 15.7 Å². The van der Waals surface area contributed by atoms with Crippen LogP contribution in [0.2, 0.25) is 10.0 Å². The van der Waals surface area contributed by atoms with Crippen LogP contribution in [0.3, 0.4) is 0 Å². The predicted octanol–water partition coefficient (Wildman–Crippen LogP) is 3.80. The highest BCUT2D eigenvalue weighted by Gasteiger charge is 2.18. The smallest absolute Gasteiger partial charge is 0.387 e. The molecule has 0 aliphatic heterocycles. The van der Waals surface area contributed by atoms with E-state index in [1.165, 1.54) is 0 Å². The van der Waals surface area contributed by atoms with E-state index >= 15 is 0 Å². The summed E-state index contributed by atoms with van der Waals surface area (Å²) in [5, 5.41) is 1.12. The minimum Gasteiger partial charge on any atom is -0.432 e. The molecule has 1 aromatic rings. The number of anilines is 1. The van der Waals surface area contributed by atoms with Crippen LogP contribution >= 0.6 is 23.2 Å². The molecule has 0 unspecified atom stereocenters. The molecule has 0 saturated heterocycles. The largest absolute Gasteiger partial charge is 0.432 e. The van der Waals surface area contributed by atoms with Gasteiger partial charge in [-0.3, -0.25) is 4.79 Å². The normalized spacial score (nSPS) is 10.9. The van der Waals surface area contributed by atoms with Crippen LogP contribution < -0.4 is 10.1 Å². The number of carbonyl (C=O) groups is 1. The summed E-state index contributed by atoms with van der Waals surface area (Å²) in [5.41, 5.74) is -0.156. The van der Waals surface area contributed by atoms with Gasteiger partial charge in [0, 0.05) is 5.69 Å². The van der Waals surface area contributed by atoms with Crippen LogP contribution in [0.5, 0.6) is 5.75 Å². The SMILES string of the molecule is O=C(Nc1cc(Cl)c(OC(F)F)c(Cl)c1)C(F)F. The van der Waals surface area contributed by atoms with Crippen LogP contribution in [0, 0.1) is 0 Å². The first-order valence-corrected chi connectivity index (χ1v) is 5.09. The minimum absolute atomic E-state index is 0.156. The number of nitrogens with one attached hydrogen (secondary N) is 1. The lowest BCUT2D eigenvalue weighted by Crippen LogP contribution is -2.20. The van der Waals surface area contributed by atoms with Crippen LogP contribution in [-0.2, 0) is 4.79 Å². The van der Waals surface area contributed by atoms with E-state index in [2.05, 4.69) is 4.74 Å². The van der Waals surface area contributed by atoms with Crippen LogP contribution in [-0.4, -0.2) is 18.9 Å². The van der Waals surface area contributed by atoms with Crippen molar-refractivity contribution in [2.75, 3.05) is 5.32 Å². The number of alkyl halides is 4. The summed E-state index contributed by atoms with van der Waals surface area (Å²) in [6, 6.07) is 1.93. The number of halogens is 6. The van der Waals surface area contributed by atoms with E-state index in [9.17, 15) is 22.4 Å². The molecule has 1 aromatic carbocycles. The molecule has 1 amide bonds. The van der Waals surface area contributed by atoms with Crippen molar-refractivity contribution in [3.05, 3.63) is 22.2 Å². The molecule has 0 bridgehead atoms. The van der Waals surface area contributed by atoms with Crippen LogP contribution in [0.15, 0.2) is 12.1 Å². The van der Waals surface area contributed by atoms with E-state index in [0.717, 1.165) is 12.1 Å². The zero-order valence-corrected chi connectivity index (χ0v) is 9.91. The third-order valence-electron chi connectivity index (χ3n) is 1.67. The van der Waals surface area contributed by atoms with Crippen molar-refractivity contribution in [2.24, 2.45) is 0 Å². The second-order valence-electron chi connectivity index (χ2n) is 2.94. The molecule has 0 fully saturated rings. The molecule has 0 spiro atoms. The minimum atomic E-state index is -3.22. The third-order valence-corrected chi connectivity index (χ3v) is 2.23. The highest BCUT2D eigenvalue weighted by atomic mass is 35.5. The number of carbonyl (C=O) groups excluding carboxylic acids is 1. The van der Waals surface area contributed by atoms with Crippen molar-refractivity contribution in [1.29, 1.82) is 0 Å². The van der Waals surface area contributed by atoms with E-state index in [1.807, 2.05) is 0 Å². The van der Waals surface area contributed by atoms with E-state index < -0.39 is 24.7 Å². The van der Waals surface area contributed by atoms with Crippen molar-refractivity contribution in [1.82, 2.24) is 0 Å². The van der Waals surface area contributed by atoms with Gasteiger partial charge in [0.2, 0.25) is 0 Å². The summed E-state index contributed by atoms with van der Waals surface area (Å²) < 4.78 is 51.9. The molecule has 1 N–H and O–H groups in total. The maximum atomic E-state index is 12.0. The second kappa shape index (κ2) is 6.10. The Kier molecular flexibility index (Phi) is 5.03. The third kappa shape index (κ3) is 3.92. The maximum Gasteiger partial charge on any atom is 0.387 e. The molecule has 0 aromatic heterocycles. The number of benzene rings is 1. The van der Waals surface area contributed by atoms with Crippen LogP contribution in [0.4, 0.5) is 23.2 Å². The number of ether oxygens (including phenoxy) is 1. The molecule has 1 rings (SSSR count). The number of amides is 1. The summed E-state index contributed by atoms with van der Waals surface area (Å²) in [7, 11) is 0. The molecule has 0 heterocycles. The van der Waals surface area contributed by atoms with Crippen molar-refractivity contribution in [3.63, 3.8) is 0 Å². The topological polar surface area (TPSA) is 38.3 Å². The van der Waals surface area contributed by atoms with Crippen molar-refractivity contribution < 1.29 is 27.1 Å². The van der Waals surface area contributed by atoms with E-state index in [4.69, 9.17) is 23.2 Å². The fraction of sp³-hybridized carbons (Fsp3) is 0.222. The Morgan fingerprint density at radius 3 is 2.06 bits per heavy atom. The number of rotatable bonds is 4. The summed E-state index contributed by atoms with van der Waals surface area (Å²) in [4.78, 5) is 10.7. The highest BCUT2D eigenvalue weighted by Crippen LogP contribution is 2.37. The molecule has 0 aliphatic rings. The van der Waals surface area contributed by atoms with Crippen molar-refractivity contribution in [2.45, 2.75) is 13.0 Å². The summed E-state index contributed by atoms with van der Waals surface area (Å²) >= 11 is 11.1. The molecule has 18 heavy (non-hydrogen) atoms. The zero-order valence-electron chi connectivity index (χ0n) is 8.39. The zero-order chi connectivity index (χ0) is 13.9. The van der Waals surface area contributed by atoms with Gasteiger partial charge in [-0.05, 0) is 12.1 Å². The van der Waals surface area contributed by atoms with Crippen LogP contribution in [0.1, 0.15) is 0 Å². The monoisotopic (exact) mass is 305 g/mol. The van der Waals surface area contributed by atoms with Crippen LogP contribution in [0.25, 0.3) is 0 Å². The first kappa shape index (κ1) is 14.8. The Balaban J connectivity index is 2.96. The number of hydrogen-bond acceptors (Lipinski definition) is 2. The van der Waals surface area contributed by atoms with Gasteiger partial charge in [0.1, 0.15) is 0 Å². The molecule has 100 valence electrons. The number of hydrogen-bond donors (Lipinski definition) is 1.